The second-order valence-corrected chi connectivity index (χ2v) is 2.27. The minimum absolute atomic E-state index is 1.25. The number of carboxylic acid groups (broad SMARTS) is 2. The van der Waals surface area contributed by atoms with E-state index in [0.717, 1.165) is 0 Å². The molecular formula is C2H6N2O13S. The van der Waals surface area contributed by atoms with Crippen molar-refractivity contribution in [2.45, 2.75) is 0 Å². The molecule has 0 rings (SSSR count). The van der Waals surface area contributed by atoms with Gasteiger partial charge in [0.05, 0.1) is 0 Å². The van der Waals surface area contributed by atoms with E-state index in [1.165, 1.54) is 5.34 Å². The van der Waals surface area contributed by atoms with Crippen LogP contribution in [0.15, 0.2) is 5.34 Å². The Kier molecular flexibility index (Phi) is 19.7. The molecule has 16 heteroatoms. The monoisotopic (exact) mass is 298 g/mol. The molecule has 0 spiro atoms. The van der Waals surface area contributed by atoms with Gasteiger partial charge in [0, 0.05) is 0 Å². The van der Waals surface area contributed by atoms with Crippen LogP contribution >= 0.6 is 0 Å². The molecule has 0 amide bonds. The van der Waals surface area contributed by atoms with Gasteiger partial charge in [-0.25, -0.2) is 9.59 Å². The third kappa shape index (κ3) is 1040. The smallest absolute Gasteiger partial charge is 0.414 e. The number of carboxylic acids is 2. The Labute approximate surface area is 96.5 Å². The van der Waals surface area contributed by atoms with Gasteiger partial charge < -0.3 is 20.6 Å². The molecule has 0 unspecified atom stereocenters. The van der Waals surface area contributed by atoms with Crippen molar-refractivity contribution >= 4 is 22.3 Å². The number of carbonyl (C=O) groups is 2. The lowest BCUT2D eigenvalue weighted by Gasteiger charge is -1.72. The summed E-state index contributed by atoms with van der Waals surface area (Å²) in [7, 11) is -4.67. The van der Waals surface area contributed by atoms with Crippen molar-refractivity contribution in [1.29, 1.82) is 0 Å². The van der Waals surface area contributed by atoms with Gasteiger partial charge in [-0.3, -0.25) is 9.11 Å². The van der Waals surface area contributed by atoms with Gasteiger partial charge in [0.1, 0.15) is 0 Å². The molecule has 108 valence electrons. The lowest BCUT2D eigenvalue weighted by atomic mass is 10.7. The highest BCUT2D eigenvalue weighted by Crippen LogP contribution is 1.59. The van der Waals surface area contributed by atoms with Gasteiger partial charge in [0.15, 0.2) is 5.34 Å². The largest absolute Gasteiger partial charge is 0.473 e. The highest BCUT2D eigenvalue weighted by Gasteiger charge is 2.04. The summed E-state index contributed by atoms with van der Waals surface area (Å²) in [4.78, 5) is 34.7. The zero-order valence-corrected chi connectivity index (χ0v) is 8.66. The predicted octanol–water partition coefficient (Wildman–Crippen LogP) is -1.70. The topological polar surface area (TPSA) is 262 Å². The normalized spacial score (nSPS) is 7.67. The van der Waals surface area contributed by atoms with Crippen LogP contribution in [0, 0.1) is 15.0 Å². The Morgan fingerprint density at radius 3 is 1.17 bits per heavy atom. The van der Waals surface area contributed by atoms with Gasteiger partial charge in [-0.15, -0.1) is 15.0 Å². The highest BCUT2D eigenvalue weighted by atomic mass is 32.3. The first kappa shape index (κ1) is 24.6. The summed E-state index contributed by atoms with van der Waals surface area (Å²) >= 11 is 0. The Hall–Kier alpha value is -2.59. The summed E-state index contributed by atoms with van der Waals surface area (Å²) < 4.78 is 31.6. The van der Waals surface area contributed by atoms with Crippen LogP contribution in [0.5, 0.6) is 0 Å². The molecule has 0 aromatic rings. The van der Waals surface area contributed by atoms with Crippen LogP contribution in [0.1, 0.15) is 0 Å². The third-order valence-electron chi connectivity index (χ3n) is 0.183. The third-order valence-corrected chi connectivity index (χ3v) is 0.183. The molecule has 0 aliphatic rings. The van der Waals surface area contributed by atoms with Crippen molar-refractivity contribution in [3.63, 3.8) is 0 Å². The maximum Gasteiger partial charge on any atom is 0.414 e. The van der Waals surface area contributed by atoms with Crippen molar-refractivity contribution < 1.29 is 52.8 Å². The first-order chi connectivity index (χ1) is 7.79. The molecule has 0 aliphatic heterocycles. The van der Waals surface area contributed by atoms with E-state index in [-0.39, 0.29) is 0 Å². The van der Waals surface area contributed by atoms with Crippen LogP contribution in [0.25, 0.3) is 0 Å². The molecule has 0 saturated heterocycles. The van der Waals surface area contributed by atoms with Gasteiger partial charge >= 0.3 is 22.3 Å². The van der Waals surface area contributed by atoms with Crippen molar-refractivity contribution in [3.05, 3.63) is 15.0 Å². The summed E-state index contributed by atoms with van der Waals surface area (Å²) in [6.07, 6.45) is 0. The first-order valence-corrected chi connectivity index (χ1v) is 4.15. The van der Waals surface area contributed by atoms with E-state index >= 15 is 0 Å². The molecule has 6 N–H and O–H groups in total. The van der Waals surface area contributed by atoms with E-state index < -0.39 is 27.4 Å². The molecule has 0 bridgehead atoms. The predicted molar refractivity (Wildman–Crippen MR) is 45.8 cm³/mol. The number of hydrogen-bond acceptors (Lipinski definition) is 8. The van der Waals surface area contributed by atoms with Crippen molar-refractivity contribution in [2.75, 3.05) is 0 Å². The van der Waals surface area contributed by atoms with E-state index in [9.17, 15) is 0 Å². The fraction of sp³-hybridized carbons (Fsp3) is 0. The average Bonchev–Trinajstić information content (AvgIpc) is 2.00. The Balaban J connectivity index is -0.0000000750. The lowest BCUT2D eigenvalue weighted by molar-refractivity contribution is -0.742. The minimum Gasteiger partial charge on any atom is -0.473 e. The van der Waals surface area contributed by atoms with Gasteiger partial charge in [0.25, 0.3) is 5.09 Å². The van der Waals surface area contributed by atoms with Crippen LogP contribution in [-0.4, -0.2) is 55.2 Å². The van der Waals surface area contributed by atoms with Gasteiger partial charge in [-0.2, -0.15) is 8.42 Å². The molecule has 0 fully saturated rings. The van der Waals surface area contributed by atoms with Crippen LogP contribution in [0.4, 0.5) is 0 Å². The molecule has 0 aromatic carbocycles. The number of hydrogen-bond donors (Lipinski definition) is 6. The zero-order chi connectivity index (χ0) is 15.9. The molecular weight excluding hydrogens is 292 g/mol. The summed E-state index contributed by atoms with van der Waals surface area (Å²) in [5.74, 6) is -3.65. The summed E-state index contributed by atoms with van der Waals surface area (Å²) in [5, 5.41) is 36.3. The van der Waals surface area contributed by atoms with E-state index in [4.69, 9.17) is 62.8 Å². The SMILES string of the molecule is O=C(O)C(=O)O.O=NO.O=S(=O)(O)O.O=[N+]([O-])O. The Bertz CT molecular complexity index is 331. The molecule has 0 heterocycles. The summed E-state index contributed by atoms with van der Waals surface area (Å²) in [6.45, 7) is 0. The molecule has 0 aliphatic carbocycles. The molecule has 0 radical (unpaired) electrons. The minimum atomic E-state index is -4.67. The molecule has 15 nitrogen and oxygen atoms in total. The van der Waals surface area contributed by atoms with Gasteiger partial charge in [-0.1, -0.05) is 0 Å². The van der Waals surface area contributed by atoms with Crippen molar-refractivity contribution in [2.24, 2.45) is 5.34 Å². The highest BCUT2D eigenvalue weighted by molar-refractivity contribution is 7.79. The van der Waals surface area contributed by atoms with Gasteiger partial charge in [0.2, 0.25) is 0 Å². The number of nitrogens with zero attached hydrogens (tertiary/aromatic N) is 2. The van der Waals surface area contributed by atoms with E-state index in [0.29, 0.717) is 0 Å². The van der Waals surface area contributed by atoms with Gasteiger partial charge in [-0.05, 0) is 0 Å². The maximum absolute atomic E-state index is 9.10. The fourth-order valence-corrected chi connectivity index (χ4v) is 0. The molecule has 0 aromatic heterocycles. The average molecular weight is 298 g/mol. The summed E-state index contributed by atoms with van der Waals surface area (Å²) in [6, 6.07) is 0. The summed E-state index contributed by atoms with van der Waals surface area (Å²) in [5.41, 5.74) is 0. The van der Waals surface area contributed by atoms with E-state index in [1.807, 2.05) is 0 Å². The van der Waals surface area contributed by atoms with E-state index in [1.54, 1.807) is 0 Å². The standard InChI is InChI=1S/C2H2O4.HNO3.HNO2.H2O4S/c3-1(4)2(5)6;2-1(3)4;2-1-3;1-5(2,3)4/h(H,3,4)(H,5,6);(H,2,3,4);(H,2,3);(H2,1,2,3,4). The number of rotatable bonds is 0. The van der Waals surface area contributed by atoms with Crippen LogP contribution in [0.2, 0.25) is 0 Å². The Morgan fingerprint density at radius 1 is 1.11 bits per heavy atom. The van der Waals surface area contributed by atoms with Crippen molar-refractivity contribution in [3.8, 4) is 0 Å². The molecule has 18 heavy (non-hydrogen) atoms. The molecule has 0 saturated carbocycles. The van der Waals surface area contributed by atoms with Crippen LogP contribution in [-0.2, 0) is 20.0 Å². The number of aliphatic carboxylic acids is 2. The second kappa shape index (κ2) is 14.4. The lowest BCUT2D eigenvalue weighted by Crippen LogP contribution is -2.09. The maximum atomic E-state index is 9.10. The molecule has 0 atom stereocenters. The second-order valence-electron chi connectivity index (χ2n) is 1.38. The van der Waals surface area contributed by atoms with Crippen molar-refractivity contribution in [1.82, 2.24) is 0 Å². The van der Waals surface area contributed by atoms with Crippen LogP contribution < -0.4 is 0 Å². The fourth-order valence-electron chi connectivity index (χ4n) is 0. The quantitative estimate of drug-likeness (QED) is 0.0957. The van der Waals surface area contributed by atoms with E-state index in [2.05, 4.69) is 0 Å². The van der Waals surface area contributed by atoms with Crippen LogP contribution in [0.3, 0.4) is 0 Å². The Morgan fingerprint density at radius 2 is 1.17 bits per heavy atom. The zero-order valence-electron chi connectivity index (χ0n) is 7.84. The first-order valence-electron chi connectivity index (χ1n) is 2.75.